The second-order valence-corrected chi connectivity index (χ2v) is 6.62. The number of alkyl halides is 3. The maximum absolute atomic E-state index is 12.6. The summed E-state index contributed by atoms with van der Waals surface area (Å²) in [6, 6.07) is 11.8. The molecule has 3 rings (SSSR count). The fourth-order valence-corrected chi connectivity index (χ4v) is 3.16. The minimum atomic E-state index is -4.41. The number of carbonyl (C=O) groups is 1. The standard InChI is InChI=1S/C19H15F3N2O2S/c1-26-15-8-2-12(3-9-15)10-17-24-16(11-27-17)18(25)23-14-6-4-13(5-7-14)19(20,21)22/h2-9,11H,10H2,1H3,(H,23,25). The number of thiazole rings is 1. The normalized spacial score (nSPS) is 11.3. The van der Waals surface area contributed by atoms with Crippen molar-refractivity contribution in [3.63, 3.8) is 0 Å². The lowest BCUT2D eigenvalue weighted by atomic mass is 10.1. The molecule has 1 heterocycles. The third-order valence-corrected chi connectivity index (χ3v) is 4.62. The van der Waals surface area contributed by atoms with Crippen LogP contribution < -0.4 is 10.1 Å². The second-order valence-electron chi connectivity index (χ2n) is 5.68. The topological polar surface area (TPSA) is 51.2 Å². The second kappa shape index (κ2) is 7.79. The quantitative estimate of drug-likeness (QED) is 0.664. The Morgan fingerprint density at radius 1 is 1.11 bits per heavy atom. The zero-order valence-electron chi connectivity index (χ0n) is 14.2. The average Bonchev–Trinajstić information content (AvgIpc) is 3.11. The van der Waals surface area contributed by atoms with E-state index in [1.165, 1.54) is 23.5 Å². The highest BCUT2D eigenvalue weighted by atomic mass is 32.1. The first-order valence-corrected chi connectivity index (χ1v) is 8.79. The van der Waals surface area contributed by atoms with Crippen LogP contribution in [-0.2, 0) is 12.6 Å². The van der Waals surface area contributed by atoms with Crippen LogP contribution in [0.4, 0.5) is 18.9 Å². The fourth-order valence-electron chi connectivity index (χ4n) is 2.35. The van der Waals surface area contributed by atoms with E-state index in [1.54, 1.807) is 12.5 Å². The summed E-state index contributed by atoms with van der Waals surface area (Å²) in [5.74, 6) is 0.293. The van der Waals surface area contributed by atoms with Crippen molar-refractivity contribution in [1.29, 1.82) is 0 Å². The lowest BCUT2D eigenvalue weighted by Gasteiger charge is -2.08. The number of methoxy groups -OCH3 is 1. The average molecular weight is 392 g/mol. The number of hydrogen-bond donors (Lipinski definition) is 1. The highest BCUT2D eigenvalue weighted by molar-refractivity contribution is 7.09. The maximum Gasteiger partial charge on any atom is 0.416 e. The lowest BCUT2D eigenvalue weighted by Crippen LogP contribution is -2.13. The van der Waals surface area contributed by atoms with E-state index in [0.717, 1.165) is 28.5 Å². The predicted octanol–water partition coefficient (Wildman–Crippen LogP) is 5.01. The van der Waals surface area contributed by atoms with Gasteiger partial charge in [0.25, 0.3) is 5.91 Å². The van der Waals surface area contributed by atoms with Crippen molar-refractivity contribution in [1.82, 2.24) is 4.98 Å². The Bertz CT molecular complexity index is 919. The van der Waals surface area contributed by atoms with E-state index < -0.39 is 17.6 Å². The summed E-state index contributed by atoms with van der Waals surface area (Å²) in [4.78, 5) is 16.5. The third-order valence-electron chi connectivity index (χ3n) is 3.77. The molecule has 0 unspecified atom stereocenters. The Morgan fingerprint density at radius 3 is 2.37 bits per heavy atom. The Hall–Kier alpha value is -2.87. The van der Waals surface area contributed by atoms with E-state index >= 15 is 0 Å². The van der Waals surface area contributed by atoms with Gasteiger partial charge < -0.3 is 10.1 Å². The zero-order valence-corrected chi connectivity index (χ0v) is 15.0. The van der Waals surface area contributed by atoms with Crippen LogP contribution in [-0.4, -0.2) is 18.0 Å². The molecule has 1 aromatic heterocycles. The van der Waals surface area contributed by atoms with Crippen LogP contribution in [0.5, 0.6) is 5.75 Å². The molecule has 0 aliphatic rings. The zero-order chi connectivity index (χ0) is 19.4. The van der Waals surface area contributed by atoms with Crippen LogP contribution >= 0.6 is 11.3 Å². The number of nitrogens with one attached hydrogen (secondary N) is 1. The number of aromatic nitrogens is 1. The Balaban J connectivity index is 1.64. The molecule has 0 spiro atoms. The molecular formula is C19H15F3N2O2S. The number of hydrogen-bond acceptors (Lipinski definition) is 4. The van der Waals surface area contributed by atoms with Gasteiger partial charge in [0, 0.05) is 17.5 Å². The molecule has 0 radical (unpaired) electrons. The smallest absolute Gasteiger partial charge is 0.416 e. The molecular weight excluding hydrogens is 377 g/mol. The predicted molar refractivity (Wildman–Crippen MR) is 97.3 cm³/mol. The summed E-state index contributed by atoms with van der Waals surface area (Å²) < 4.78 is 42.8. The van der Waals surface area contributed by atoms with Crippen LogP contribution in [0.1, 0.15) is 26.6 Å². The SMILES string of the molecule is COc1ccc(Cc2nc(C(=O)Nc3ccc(C(F)(F)F)cc3)cs2)cc1. The van der Waals surface area contributed by atoms with Crippen LogP contribution in [0, 0.1) is 0 Å². The summed E-state index contributed by atoms with van der Waals surface area (Å²) in [5.41, 5.74) is 0.761. The molecule has 0 aliphatic carbocycles. The Kier molecular flexibility index (Phi) is 5.46. The highest BCUT2D eigenvalue weighted by Crippen LogP contribution is 2.30. The molecule has 0 saturated carbocycles. The highest BCUT2D eigenvalue weighted by Gasteiger charge is 2.30. The number of nitrogens with zero attached hydrogens (tertiary/aromatic N) is 1. The minimum Gasteiger partial charge on any atom is -0.497 e. The first-order valence-electron chi connectivity index (χ1n) is 7.91. The summed E-state index contributed by atoms with van der Waals surface area (Å²) in [5, 5.41) is 4.94. The van der Waals surface area contributed by atoms with Crippen molar-refractivity contribution in [2.75, 3.05) is 12.4 Å². The van der Waals surface area contributed by atoms with Gasteiger partial charge in [-0.15, -0.1) is 11.3 Å². The van der Waals surface area contributed by atoms with Crippen molar-refractivity contribution in [2.24, 2.45) is 0 Å². The number of halogens is 3. The van der Waals surface area contributed by atoms with Crippen LogP contribution in [0.15, 0.2) is 53.9 Å². The fraction of sp³-hybridized carbons (Fsp3) is 0.158. The molecule has 140 valence electrons. The molecule has 1 amide bonds. The van der Waals surface area contributed by atoms with Gasteiger partial charge in [-0.25, -0.2) is 4.98 Å². The minimum absolute atomic E-state index is 0.225. The molecule has 8 heteroatoms. The van der Waals surface area contributed by atoms with Gasteiger partial charge in [0.2, 0.25) is 0 Å². The van der Waals surface area contributed by atoms with Crippen molar-refractivity contribution in [3.8, 4) is 5.75 Å². The largest absolute Gasteiger partial charge is 0.497 e. The number of amides is 1. The van der Waals surface area contributed by atoms with Crippen LogP contribution in [0.2, 0.25) is 0 Å². The van der Waals surface area contributed by atoms with Gasteiger partial charge in [-0.1, -0.05) is 12.1 Å². The van der Waals surface area contributed by atoms with E-state index in [4.69, 9.17) is 4.74 Å². The lowest BCUT2D eigenvalue weighted by molar-refractivity contribution is -0.137. The maximum atomic E-state index is 12.6. The van der Waals surface area contributed by atoms with Crippen molar-refractivity contribution < 1.29 is 22.7 Å². The molecule has 4 nitrogen and oxygen atoms in total. The van der Waals surface area contributed by atoms with Crippen LogP contribution in [0.3, 0.4) is 0 Å². The van der Waals surface area contributed by atoms with E-state index in [1.807, 2.05) is 24.3 Å². The third kappa shape index (κ3) is 4.85. The van der Waals surface area contributed by atoms with Gasteiger partial charge in [0.15, 0.2) is 0 Å². The summed E-state index contributed by atoms with van der Waals surface area (Å²) in [6.07, 6.45) is -3.84. The van der Waals surface area contributed by atoms with Gasteiger partial charge >= 0.3 is 6.18 Å². The molecule has 0 saturated heterocycles. The van der Waals surface area contributed by atoms with E-state index in [2.05, 4.69) is 10.3 Å². The molecule has 0 aliphatic heterocycles. The van der Waals surface area contributed by atoms with Crippen molar-refractivity contribution in [3.05, 3.63) is 75.7 Å². The first kappa shape index (κ1) is 18.9. The molecule has 0 atom stereocenters. The molecule has 27 heavy (non-hydrogen) atoms. The molecule has 0 bridgehead atoms. The Morgan fingerprint density at radius 2 is 1.78 bits per heavy atom. The Labute approximate surface area is 157 Å². The number of carbonyl (C=O) groups excluding carboxylic acids is 1. The number of rotatable bonds is 5. The monoisotopic (exact) mass is 392 g/mol. The molecule has 0 fully saturated rings. The number of benzene rings is 2. The van der Waals surface area contributed by atoms with Crippen LogP contribution in [0.25, 0.3) is 0 Å². The van der Waals surface area contributed by atoms with Gasteiger partial charge in [-0.3, -0.25) is 4.79 Å². The van der Waals surface area contributed by atoms with Gasteiger partial charge in [-0.05, 0) is 42.0 Å². The van der Waals surface area contributed by atoms with Crippen molar-refractivity contribution >= 4 is 22.9 Å². The first-order chi connectivity index (χ1) is 12.8. The number of anilines is 1. The molecule has 2 aromatic carbocycles. The van der Waals surface area contributed by atoms with Gasteiger partial charge in [0.05, 0.1) is 17.7 Å². The van der Waals surface area contributed by atoms with Crippen molar-refractivity contribution in [2.45, 2.75) is 12.6 Å². The van der Waals surface area contributed by atoms with E-state index in [0.29, 0.717) is 6.42 Å². The number of ether oxygens (including phenoxy) is 1. The van der Waals surface area contributed by atoms with Gasteiger partial charge in [-0.2, -0.15) is 13.2 Å². The summed E-state index contributed by atoms with van der Waals surface area (Å²) >= 11 is 1.35. The van der Waals surface area contributed by atoms with E-state index in [9.17, 15) is 18.0 Å². The van der Waals surface area contributed by atoms with E-state index in [-0.39, 0.29) is 11.4 Å². The summed E-state index contributed by atoms with van der Waals surface area (Å²) in [6.45, 7) is 0. The molecule has 1 N–H and O–H groups in total. The van der Waals surface area contributed by atoms with Gasteiger partial charge in [0.1, 0.15) is 11.4 Å². The summed E-state index contributed by atoms with van der Waals surface area (Å²) in [7, 11) is 1.59. The molecule has 3 aromatic rings.